The molecule has 35 heavy (non-hydrogen) atoms. The lowest BCUT2D eigenvalue weighted by molar-refractivity contribution is 0.102. The maximum Gasteiger partial charge on any atom is 0.266 e. The highest BCUT2D eigenvalue weighted by Gasteiger charge is 2.20. The summed E-state index contributed by atoms with van der Waals surface area (Å²) in [6, 6.07) is 16.5. The molecule has 0 spiro atoms. The monoisotopic (exact) mass is 491 g/mol. The zero-order valence-electron chi connectivity index (χ0n) is 20.4. The van der Waals surface area contributed by atoms with E-state index in [1.807, 2.05) is 56.3 Å². The van der Waals surface area contributed by atoms with Gasteiger partial charge in [0.1, 0.15) is 5.75 Å². The minimum absolute atomic E-state index is 0.00456. The molecule has 2 aromatic carbocycles. The van der Waals surface area contributed by atoms with E-state index in [1.165, 1.54) is 16.3 Å². The lowest BCUT2D eigenvalue weighted by atomic mass is 10.2. The number of hydrogen-bond acceptors (Lipinski definition) is 6. The number of para-hydroxylation sites is 3. The Balaban J connectivity index is 1.69. The van der Waals surface area contributed by atoms with Crippen molar-refractivity contribution in [3.8, 4) is 11.4 Å². The Morgan fingerprint density at radius 3 is 2.57 bits per heavy atom. The molecule has 0 amide bonds. The van der Waals surface area contributed by atoms with Crippen LogP contribution < -0.4 is 10.3 Å². The second-order valence-corrected chi connectivity index (χ2v) is 9.16. The zero-order valence-corrected chi connectivity index (χ0v) is 21.2. The van der Waals surface area contributed by atoms with Crippen LogP contribution in [0.25, 0.3) is 16.6 Å². The van der Waals surface area contributed by atoms with Gasteiger partial charge in [0.2, 0.25) is 0 Å². The van der Waals surface area contributed by atoms with E-state index in [0.29, 0.717) is 39.7 Å². The molecule has 2 aromatic heterocycles. The molecular formula is C27H29N3O4S. The SMILES string of the molecule is COCCCn1c(C)cc(C(=O)CSc2nc3ccccc3c(=O)n2-c2ccccc2OC)c1C. The lowest BCUT2D eigenvalue weighted by Gasteiger charge is -2.15. The fourth-order valence-corrected chi connectivity index (χ4v) is 5.13. The van der Waals surface area contributed by atoms with Gasteiger partial charge in [-0.05, 0) is 50.6 Å². The summed E-state index contributed by atoms with van der Waals surface area (Å²) < 4.78 is 14.4. The van der Waals surface area contributed by atoms with Crippen molar-refractivity contribution in [3.05, 3.63) is 81.9 Å². The van der Waals surface area contributed by atoms with Crippen LogP contribution in [0.3, 0.4) is 0 Å². The number of carbonyl (C=O) groups excluding carboxylic acids is 1. The number of nitrogens with zero attached hydrogens (tertiary/aromatic N) is 3. The lowest BCUT2D eigenvalue weighted by Crippen LogP contribution is -2.22. The maximum absolute atomic E-state index is 13.5. The molecule has 4 rings (SSSR count). The maximum atomic E-state index is 13.5. The first-order valence-electron chi connectivity index (χ1n) is 11.4. The van der Waals surface area contributed by atoms with Crippen LogP contribution in [0.5, 0.6) is 5.75 Å². The highest BCUT2D eigenvalue weighted by molar-refractivity contribution is 7.99. The molecule has 0 saturated heterocycles. The van der Waals surface area contributed by atoms with Crippen molar-refractivity contribution >= 4 is 28.4 Å². The summed E-state index contributed by atoms with van der Waals surface area (Å²) in [5, 5.41) is 0.953. The van der Waals surface area contributed by atoms with Gasteiger partial charge < -0.3 is 14.0 Å². The third-order valence-electron chi connectivity index (χ3n) is 6.01. The minimum atomic E-state index is -0.202. The third kappa shape index (κ3) is 5.04. The molecule has 0 N–H and O–H groups in total. The molecule has 0 saturated carbocycles. The van der Waals surface area contributed by atoms with Gasteiger partial charge in [0.05, 0.1) is 29.5 Å². The first kappa shape index (κ1) is 24.8. The van der Waals surface area contributed by atoms with E-state index >= 15 is 0 Å². The van der Waals surface area contributed by atoms with Crippen LogP contribution in [0.4, 0.5) is 0 Å². The average molecular weight is 492 g/mol. The molecule has 0 aliphatic heterocycles. The molecule has 0 fully saturated rings. The van der Waals surface area contributed by atoms with Crippen molar-refractivity contribution < 1.29 is 14.3 Å². The minimum Gasteiger partial charge on any atom is -0.495 e. The largest absolute Gasteiger partial charge is 0.495 e. The second-order valence-electron chi connectivity index (χ2n) is 8.22. The van der Waals surface area contributed by atoms with Crippen molar-refractivity contribution in [2.24, 2.45) is 0 Å². The Bertz CT molecular complexity index is 1420. The number of thioether (sulfide) groups is 1. The van der Waals surface area contributed by atoms with Crippen LogP contribution in [0, 0.1) is 13.8 Å². The summed E-state index contributed by atoms with van der Waals surface area (Å²) in [6.45, 7) is 5.44. The molecule has 0 bridgehead atoms. The van der Waals surface area contributed by atoms with Crippen LogP contribution in [0.15, 0.2) is 64.5 Å². The van der Waals surface area contributed by atoms with E-state index in [1.54, 1.807) is 26.4 Å². The number of aromatic nitrogens is 3. The fourth-order valence-electron chi connectivity index (χ4n) is 4.24. The van der Waals surface area contributed by atoms with Crippen LogP contribution in [0.1, 0.15) is 28.2 Å². The smallest absolute Gasteiger partial charge is 0.266 e. The molecule has 0 unspecified atom stereocenters. The Hall–Kier alpha value is -3.36. The topological polar surface area (TPSA) is 75.4 Å². The van der Waals surface area contributed by atoms with Crippen molar-refractivity contribution in [2.45, 2.75) is 32.0 Å². The molecule has 0 atom stereocenters. The Kier molecular flexibility index (Phi) is 7.73. The molecule has 7 nitrogen and oxygen atoms in total. The average Bonchev–Trinajstić information content (AvgIpc) is 3.16. The number of Topliss-reactive ketones (excluding diaryl/α,β-unsaturated/α-hetero) is 1. The van der Waals surface area contributed by atoms with Crippen molar-refractivity contribution in [2.75, 3.05) is 26.6 Å². The highest BCUT2D eigenvalue weighted by Crippen LogP contribution is 2.28. The molecule has 0 radical (unpaired) electrons. The number of ketones is 1. The Morgan fingerprint density at radius 1 is 1.06 bits per heavy atom. The van der Waals surface area contributed by atoms with Gasteiger partial charge in [0.15, 0.2) is 10.9 Å². The first-order valence-corrected chi connectivity index (χ1v) is 12.4. The number of hydrogen-bond donors (Lipinski definition) is 0. The number of ether oxygens (including phenoxy) is 2. The third-order valence-corrected chi connectivity index (χ3v) is 6.95. The summed E-state index contributed by atoms with van der Waals surface area (Å²) >= 11 is 1.26. The molecule has 0 aliphatic carbocycles. The van der Waals surface area contributed by atoms with Crippen LogP contribution >= 0.6 is 11.8 Å². The fraction of sp³-hybridized carbons (Fsp3) is 0.296. The highest BCUT2D eigenvalue weighted by atomic mass is 32.2. The van der Waals surface area contributed by atoms with Gasteiger partial charge in [0.25, 0.3) is 5.56 Å². The number of methoxy groups -OCH3 is 2. The second kappa shape index (κ2) is 10.9. The normalized spacial score (nSPS) is 11.2. The van der Waals surface area contributed by atoms with Gasteiger partial charge in [-0.25, -0.2) is 4.98 Å². The molecular weight excluding hydrogens is 462 g/mol. The predicted molar refractivity (Wildman–Crippen MR) is 139 cm³/mol. The van der Waals surface area contributed by atoms with E-state index in [0.717, 1.165) is 24.4 Å². The van der Waals surface area contributed by atoms with Gasteiger partial charge in [-0.15, -0.1) is 0 Å². The molecule has 8 heteroatoms. The van der Waals surface area contributed by atoms with Gasteiger partial charge in [-0.2, -0.15) is 0 Å². The number of aryl methyl sites for hydroxylation is 1. The standard InChI is InChI=1S/C27H29N3O4S/c1-18-16-21(19(2)29(18)14-9-15-33-3)24(31)17-35-27-28-22-11-6-5-10-20(22)26(32)30(27)23-12-7-8-13-25(23)34-4/h5-8,10-13,16H,9,14-15,17H2,1-4H3. The number of benzene rings is 2. The van der Waals surface area contributed by atoms with Crippen LogP contribution in [0.2, 0.25) is 0 Å². The van der Waals surface area contributed by atoms with Gasteiger partial charge >= 0.3 is 0 Å². The number of carbonyl (C=O) groups is 1. The van der Waals surface area contributed by atoms with Crippen molar-refractivity contribution in [1.29, 1.82) is 0 Å². The molecule has 0 aliphatic rings. The van der Waals surface area contributed by atoms with Crippen molar-refractivity contribution in [1.82, 2.24) is 14.1 Å². The molecule has 2 heterocycles. The Morgan fingerprint density at radius 2 is 1.80 bits per heavy atom. The number of rotatable bonds is 10. The number of fused-ring (bicyclic) bond motifs is 1. The van der Waals surface area contributed by atoms with E-state index < -0.39 is 0 Å². The van der Waals surface area contributed by atoms with Gasteiger partial charge in [0, 0.05) is 37.2 Å². The zero-order chi connectivity index (χ0) is 24.9. The van der Waals surface area contributed by atoms with Crippen LogP contribution in [-0.4, -0.2) is 46.5 Å². The summed E-state index contributed by atoms with van der Waals surface area (Å²) in [6.07, 6.45) is 0.876. The van der Waals surface area contributed by atoms with E-state index in [9.17, 15) is 9.59 Å². The van der Waals surface area contributed by atoms with Crippen LogP contribution in [-0.2, 0) is 11.3 Å². The predicted octanol–water partition coefficient (Wildman–Crippen LogP) is 4.82. The van der Waals surface area contributed by atoms with E-state index in [-0.39, 0.29) is 17.1 Å². The first-order chi connectivity index (χ1) is 17.0. The quantitative estimate of drug-likeness (QED) is 0.137. The van der Waals surface area contributed by atoms with E-state index in [4.69, 9.17) is 14.5 Å². The van der Waals surface area contributed by atoms with Crippen molar-refractivity contribution in [3.63, 3.8) is 0 Å². The van der Waals surface area contributed by atoms with Gasteiger partial charge in [-0.3, -0.25) is 14.2 Å². The van der Waals surface area contributed by atoms with E-state index in [2.05, 4.69) is 4.57 Å². The molecule has 4 aromatic rings. The summed E-state index contributed by atoms with van der Waals surface area (Å²) in [7, 11) is 3.25. The summed E-state index contributed by atoms with van der Waals surface area (Å²) in [4.78, 5) is 31.5. The Labute approximate surface area is 208 Å². The van der Waals surface area contributed by atoms with Gasteiger partial charge in [-0.1, -0.05) is 36.0 Å². The molecule has 182 valence electrons. The summed E-state index contributed by atoms with van der Waals surface area (Å²) in [5.41, 5.74) is 3.66. The summed E-state index contributed by atoms with van der Waals surface area (Å²) in [5.74, 6) is 0.706.